The van der Waals surface area contributed by atoms with E-state index in [-0.39, 0.29) is 31.8 Å². The standard InChI is InChI=1S/C8H15O11P3/c1-2-7(9)3-4-8(10)15-5-6-16-20-17-21(11,12)19-22(13,14)18-20/h2-6H2,1H3,(H,11,12)(H,13,14). The Morgan fingerprint density at radius 1 is 1.09 bits per heavy atom. The number of carbonyl (C=O) groups excluding carboxylic acids is 2. The van der Waals surface area contributed by atoms with E-state index in [9.17, 15) is 18.7 Å². The number of Topliss-reactive ketones (excluding diaryl/α,β-unsaturated/α-hetero) is 1. The third kappa shape index (κ3) is 7.87. The molecule has 1 saturated heterocycles. The maximum Gasteiger partial charge on any atom is 0.488 e. The SMILES string of the molecule is CCC(=O)CCC(=O)OCCOP1OP(=O)(O)OP(=O)(O)O1. The van der Waals surface area contributed by atoms with Gasteiger partial charge in [0.2, 0.25) is 0 Å². The van der Waals surface area contributed by atoms with Gasteiger partial charge in [-0.25, -0.2) is 17.8 Å². The molecule has 1 heterocycles. The van der Waals surface area contributed by atoms with Crippen LogP contribution in [0.3, 0.4) is 0 Å². The normalized spacial score (nSPS) is 31.7. The van der Waals surface area contributed by atoms with Crippen LogP contribution in [0, 0.1) is 0 Å². The van der Waals surface area contributed by atoms with Gasteiger partial charge >= 0.3 is 30.2 Å². The van der Waals surface area contributed by atoms with Crippen molar-refractivity contribution < 1.29 is 50.7 Å². The second kappa shape index (κ2) is 8.59. The Bertz CT molecular complexity index is 482. The summed E-state index contributed by atoms with van der Waals surface area (Å²) in [5.74, 6) is -0.689. The quantitative estimate of drug-likeness (QED) is 0.360. The lowest BCUT2D eigenvalue weighted by Crippen LogP contribution is -2.12. The minimum Gasteiger partial charge on any atom is -0.463 e. The Morgan fingerprint density at radius 3 is 2.23 bits per heavy atom. The summed E-state index contributed by atoms with van der Waals surface area (Å²) in [6, 6.07) is 0. The van der Waals surface area contributed by atoms with Gasteiger partial charge in [0, 0.05) is 12.8 Å². The van der Waals surface area contributed by atoms with E-state index in [1.165, 1.54) is 0 Å². The van der Waals surface area contributed by atoms with Crippen LogP contribution in [-0.4, -0.2) is 34.8 Å². The van der Waals surface area contributed by atoms with Gasteiger partial charge in [-0.3, -0.25) is 9.59 Å². The van der Waals surface area contributed by atoms with Gasteiger partial charge in [-0.2, -0.15) is 4.31 Å². The van der Waals surface area contributed by atoms with E-state index in [1.54, 1.807) is 6.92 Å². The molecule has 1 aliphatic heterocycles. The molecule has 0 amide bonds. The van der Waals surface area contributed by atoms with E-state index in [0.717, 1.165) is 0 Å². The third-order valence-electron chi connectivity index (χ3n) is 2.09. The number of rotatable bonds is 8. The van der Waals surface area contributed by atoms with Crippen molar-refractivity contribution in [2.75, 3.05) is 13.2 Å². The molecular weight excluding hydrogens is 365 g/mol. The van der Waals surface area contributed by atoms with Crippen molar-refractivity contribution in [2.24, 2.45) is 0 Å². The lowest BCUT2D eigenvalue weighted by Gasteiger charge is -2.25. The van der Waals surface area contributed by atoms with E-state index in [4.69, 9.17) is 19.0 Å². The Balaban J connectivity index is 2.24. The van der Waals surface area contributed by atoms with E-state index >= 15 is 0 Å². The number of ether oxygens (including phenoxy) is 1. The highest BCUT2D eigenvalue weighted by atomic mass is 31.3. The van der Waals surface area contributed by atoms with Crippen LogP contribution in [0.5, 0.6) is 0 Å². The monoisotopic (exact) mass is 380 g/mol. The van der Waals surface area contributed by atoms with E-state index in [2.05, 4.69) is 12.9 Å². The molecule has 0 aromatic carbocycles. The Kier molecular flexibility index (Phi) is 7.74. The molecular formula is C8H15O11P3. The highest BCUT2D eigenvalue weighted by molar-refractivity contribution is 7.72. The molecule has 2 N–H and O–H groups in total. The van der Waals surface area contributed by atoms with Crippen LogP contribution < -0.4 is 0 Å². The largest absolute Gasteiger partial charge is 0.488 e. The van der Waals surface area contributed by atoms with Crippen molar-refractivity contribution in [1.82, 2.24) is 0 Å². The van der Waals surface area contributed by atoms with Crippen LogP contribution in [0.2, 0.25) is 0 Å². The van der Waals surface area contributed by atoms with Crippen LogP contribution >= 0.6 is 24.2 Å². The van der Waals surface area contributed by atoms with E-state index < -0.39 is 30.2 Å². The van der Waals surface area contributed by atoms with Crippen molar-refractivity contribution in [3.63, 3.8) is 0 Å². The summed E-state index contributed by atoms with van der Waals surface area (Å²) in [6.07, 6.45) is 0.341. The lowest BCUT2D eigenvalue weighted by molar-refractivity contribution is -0.145. The van der Waals surface area contributed by atoms with Crippen molar-refractivity contribution in [2.45, 2.75) is 26.2 Å². The molecule has 1 fully saturated rings. The van der Waals surface area contributed by atoms with Gasteiger partial charge in [0.25, 0.3) is 0 Å². The van der Waals surface area contributed by atoms with Crippen molar-refractivity contribution in [1.29, 1.82) is 0 Å². The zero-order chi connectivity index (χ0) is 16.8. The van der Waals surface area contributed by atoms with Gasteiger partial charge in [-0.15, -0.1) is 0 Å². The van der Waals surface area contributed by atoms with Crippen LogP contribution in [0.25, 0.3) is 0 Å². The second-order valence-electron chi connectivity index (χ2n) is 3.85. The first-order valence-corrected chi connectivity index (χ1v) is 10.1. The highest BCUT2D eigenvalue weighted by Crippen LogP contribution is 2.76. The zero-order valence-corrected chi connectivity index (χ0v) is 14.1. The molecule has 2 unspecified atom stereocenters. The highest BCUT2D eigenvalue weighted by Gasteiger charge is 2.47. The molecule has 0 spiro atoms. The number of phosphoric acid groups is 2. The molecule has 0 aromatic heterocycles. The van der Waals surface area contributed by atoms with Gasteiger partial charge in [0.05, 0.1) is 13.0 Å². The number of ketones is 1. The van der Waals surface area contributed by atoms with Gasteiger partial charge in [0.15, 0.2) is 0 Å². The molecule has 22 heavy (non-hydrogen) atoms. The van der Waals surface area contributed by atoms with E-state index in [1.807, 2.05) is 0 Å². The molecule has 0 saturated carbocycles. The summed E-state index contributed by atoms with van der Waals surface area (Å²) in [6.45, 7) is 1.12. The lowest BCUT2D eigenvalue weighted by atomic mass is 10.2. The fourth-order valence-electron chi connectivity index (χ4n) is 1.15. The molecule has 2 atom stereocenters. The van der Waals surface area contributed by atoms with Crippen LogP contribution in [0.15, 0.2) is 0 Å². The van der Waals surface area contributed by atoms with Crippen molar-refractivity contribution >= 4 is 36.0 Å². The van der Waals surface area contributed by atoms with Crippen LogP contribution in [0.4, 0.5) is 0 Å². The van der Waals surface area contributed by atoms with Crippen molar-refractivity contribution in [3.05, 3.63) is 0 Å². The minimum atomic E-state index is -4.74. The molecule has 1 aliphatic rings. The topological polar surface area (TPSA) is 155 Å². The zero-order valence-electron chi connectivity index (χ0n) is 11.4. The van der Waals surface area contributed by atoms with Gasteiger partial charge < -0.3 is 19.0 Å². The molecule has 1 rings (SSSR count). The predicted octanol–water partition coefficient (Wildman–Crippen LogP) is 1.80. The number of esters is 1. The summed E-state index contributed by atoms with van der Waals surface area (Å²) in [4.78, 5) is 40.2. The summed E-state index contributed by atoms with van der Waals surface area (Å²) >= 11 is 0. The Labute approximate surface area is 127 Å². The number of hydrogen-bond donors (Lipinski definition) is 2. The molecule has 0 radical (unpaired) electrons. The van der Waals surface area contributed by atoms with Gasteiger partial charge in [-0.1, -0.05) is 6.92 Å². The molecule has 0 aliphatic carbocycles. The summed E-state index contributed by atoms with van der Waals surface area (Å²) < 4.78 is 44.1. The first-order valence-electron chi connectivity index (χ1n) is 6.00. The molecule has 0 aromatic rings. The fourth-order valence-corrected chi connectivity index (χ4v) is 5.30. The van der Waals surface area contributed by atoms with Crippen molar-refractivity contribution in [3.8, 4) is 0 Å². The summed E-state index contributed by atoms with van der Waals surface area (Å²) in [5.41, 5.74) is 0. The number of carbonyl (C=O) groups is 2. The Morgan fingerprint density at radius 2 is 1.68 bits per heavy atom. The summed E-state index contributed by atoms with van der Waals surface area (Å²) in [7, 11) is -12.1. The van der Waals surface area contributed by atoms with Crippen LogP contribution in [-0.2, 0) is 40.9 Å². The second-order valence-corrected chi connectivity index (χ2v) is 8.39. The maximum absolute atomic E-state index is 11.2. The Hall–Kier alpha value is -0.210. The predicted molar refractivity (Wildman–Crippen MR) is 71.3 cm³/mol. The third-order valence-corrected chi connectivity index (χ3v) is 6.85. The minimum absolute atomic E-state index is 0.0695. The maximum atomic E-state index is 11.2. The van der Waals surface area contributed by atoms with Crippen LogP contribution in [0.1, 0.15) is 26.2 Å². The molecule has 0 bridgehead atoms. The van der Waals surface area contributed by atoms with E-state index in [0.29, 0.717) is 6.42 Å². The summed E-state index contributed by atoms with van der Waals surface area (Å²) in [5, 5.41) is 0. The molecule has 14 heteroatoms. The average molecular weight is 380 g/mol. The average Bonchev–Trinajstić information content (AvgIpc) is 2.37. The first-order chi connectivity index (χ1) is 10.1. The molecule has 128 valence electrons. The smallest absolute Gasteiger partial charge is 0.463 e. The molecule has 11 nitrogen and oxygen atoms in total. The fraction of sp³-hybridized carbons (Fsp3) is 0.750. The van der Waals surface area contributed by atoms with Gasteiger partial charge in [0.1, 0.15) is 12.4 Å². The number of hydrogen-bond acceptors (Lipinski definition) is 9. The van der Waals surface area contributed by atoms with Gasteiger partial charge in [-0.05, 0) is 0 Å². The first kappa shape index (κ1) is 19.8.